The summed E-state index contributed by atoms with van der Waals surface area (Å²) in [5.74, 6) is 0. The summed E-state index contributed by atoms with van der Waals surface area (Å²) in [5, 5.41) is 8.45. The number of likely N-dealkylation sites (tertiary alicyclic amines) is 1. The summed E-state index contributed by atoms with van der Waals surface area (Å²) in [7, 11) is 0. The number of aromatic nitrogens is 5. The minimum Gasteiger partial charge on any atom is -0.379 e. The maximum atomic E-state index is 5.34. The highest BCUT2D eigenvalue weighted by molar-refractivity contribution is 5.09. The molecule has 0 spiro atoms. The van der Waals surface area contributed by atoms with Crippen molar-refractivity contribution in [1.29, 1.82) is 0 Å². The van der Waals surface area contributed by atoms with Crippen molar-refractivity contribution >= 4 is 0 Å². The normalized spacial score (nSPS) is 18.5. The van der Waals surface area contributed by atoms with Crippen molar-refractivity contribution in [3.8, 4) is 0 Å². The summed E-state index contributed by atoms with van der Waals surface area (Å²) in [6.07, 6.45) is 10.3. The minimum atomic E-state index is 0.101. The van der Waals surface area contributed by atoms with E-state index in [0.717, 1.165) is 58.2 Å². The van der Waals surface area contributed by atoms with Gasteiger partial charge >= 0.3 is 0 Å². The van der Waals surface area contributed by atoms with Gasteiger partial charge in [0.25, 0.3) is 0 Å². The minimum absolute atomic E-state index is 0.101. The second-order valence-corrected chi connectivity index (χ2v) is 11.7. The third kappa shape index (κ3) is 8.78. The first-order chi connectivity index (χ1) is 16.1. The molecule has 4 rings (SSSR count). The maximum Gasteiger partial charge on any atom is 0.0950 e. The van der Waals surface area contributed by atoms with Gasteiger partial charge in [-0.05, 0) is 25.9 Å². The number of hydrogen-bond donors (Lipinski definition) is 0. The lowest BCUT2D eigenvalue weighted by Gasteiger charge is -2.26. The van der Waals surface area contributed by atoms with Crippen LogP contribution in [0.2, 0.25) is 0 Å². The first-order valence-corrected chi connectivity index (χ1v) is 13.1. The lowest BCUT2D eigenvalue weighted by molar-refractivity contribution is 0.0364. The number of piperidine rings is 1. The van der Waals surface area contributed by atoms with E-state index in [0.29, 0.717) is 0 Å². The molecule has 0 amide bonds. The number of imidazole rings is 1. The van der Waals surface area contributed by atoms with Crippen LogP contribution >= 0.6 is 0 Å². The summed E-state index contributed by atoms with van der Waals surface area (Å²) < 4.78 is 9.51. The topological polar surface area (TPSA) is 64.2 Å². The molecule has 2 aliphatic rings. The van der Waals surface area contributed by atoms with Crippen molar-refractivity contribution < 1.29 is 4.74 Å². The zero-order chi connectivity index (χ0) is 24.6. The molecule has 0 atom stereocenters. The molecule has 2 fully saturated rings. The van der Waals surface area contributed by atoms with Crippen LogP contribution in [-0.4, -0.2) is 86.8 Å². The lowest BCUT2D eigenvalue weighted by atomic mass is 9.93. The van der Waals surface area contributed by atoms with Crippen molar-refractivity contribution in [2.75, 3.05) is 52.5 Å². The van der Waals surface area contributed by atoms with E-state index in [1.165, 1.54) is 38.0 Å². The van der Waals surface area contributed by atoms with E-state index in [4.69, 9.17) is 4.74 Å². The third-order valence-electron chi connectivity index (χ3n) is 6.58. The third-order valence-corrected chi connectivity index (χ3v) is 6.58. The van der Waals surface area contributed by atoms with Gasteiger partial charge in [-0.15, -0.1) is 5.10 Å². The molecule has 8 nitrogen and oxygen atoms in total. The number of rotatable bonds is 6. The zero-order valence-corrected chi connectivity index (χ0v) is 22.5. The van der Waals surface area contributed by atoms with Crippen molar-refractivity contribution in [3.63, 3.8) is 0 Å². The Balaban J connectivity index is 0.000000191. The van der Waals surface area contributed by atoms with Gasteiger partial charge in [0.1, 0.15) is 0 Å². The molecule has 2 saturated heterocycles. The predicted octanol–water partition coefficient (Wildman–Crippen LogP) is 3.57. The Hall–Kier alpha value is -1.77. The molecule has 0 aromatic carbocycles. The van der Waals surface area contributed by atoms with E-state index >= 15 is 0 Å². The van der Waals surface area contributed by atoms with Crippen LogP contribution in [0.5, 0.6) is 0 Å². The fraction of sp³-hybridized carbons (Fsp3) is 0.808. The second-order valence-electron chi connectivity index (χ2n) is 11.7. The second kappa shape index (κ2) is 12.3. The summed E-state index contributed by atoms with van der Waals surface area (Å²) in [6, 6.07) is 0. The fourth-order valence-corrected chi connectivity index (χ4v) is 4.13. The quantitative estimate of drug-likeness (QED) is 0.639. The molecule has 2 aliphatic heterocycles. The fourth-order valence-electron chi connectivity index (χ4n) is 4.13. The van der Waals surface area contributed by atoms with Gasteiger partial charge in [-0.25, -0.2) is 4.98 Å². The van der Waals surface area contributed by atoms with E-state index in [9.17, 15) is 0 Å². The molecule has 0 aliphatic carbocycles. The summed E-state index contributed by atoms with van der Waals surface area (Å²) in [4.78, 5) is 9.45. The SMILES string of the molecule is CC(C)(C)c1cn(CCN2CCCCC2)nn1.CC(C)(C)c1cn(CCN2CCOCC2)cn1. The Bertz CT molecular complexity index is 764. The van der Waals surface area contributed by atoms with Crippen molar-refractivity contribution in [3.05, 3.63) is 30.1 Å². The van der Waals surface area contributed by atoms with Crippen LogP contribution in [0.1, 0.15) is 72.2 Å². The average molecular weight is 474 g/mol. The summed E-state index contributed by atoms with van der Waals surface area (Å²) in [5.41, 5.74) is 2.49. The van der Waals surface area contributed by atoms with Crippen molar-refractivity contribution in [2.45, 2.75) is 84.7 Å². The highest BCUT2D eigenvalue weighted by atomic mass is 16.5. The molecule has 2 aromatic heterocycles. The molecular formula is C26H47N7O. The first kappa shape index (κ1) is 26.8. The van der Waals surface area contributed by atoms with Gasteiger partial charge in [0.05, 0.1) is 37.5 Å². The molecule has 192 valence electrons. The number of ether oxygens (including phenoxy) is 1. The summed E-state index contributed by atoms with van der Waals surface area (Å²) >= 11 is 0. The Morgan fingerprint density at radius 2 is 1.35 bits per heavy atom. The van der Waals surface area contributed by atoms with Gasteiger partial charge in [-0.3, -0.25) is 9.58 Å². The predicted molar refractivity (Wildman–Crippen MR) is 137 cm³/mol. The molecule has 34 heavy (non-hydrogen) atoms. The average Bonchev–Trinajstić information content (AvgIpc) is 3.48. The van der Waals surface area contributed by atoms with E-state index in [-0.39, 0.29) is 10.8 Å². The van der Waals surface area contributed by atoms with Gasteiger partial charge in [0.15, 0.2) is 0 Å². The Kier molecular flexibility index (Phi) is 9.68. The highest BCUT2D eigenvalue weighted by Gasteiger charge is 2.18. The Morgan fingerprint density at radius 1 is 0.735 bits per heavy atom. The highest BCUT2D eigenvalue weighted by Crippen LogP contribution is 2.20. The molecule has 0 radical (unpaired) electrons. The van der Waals surface area contributed by atoms with E-state index in [1.54, 1.807) is 0 Å². The van der Waals surface area contributed by atoms with Gasteiger partial charge in [0.2, 0.25) is 0 Å². The van der Waals surface area contributed by atoms with Crippen LogP contribution in [0.15, 0.2) is 18.7 Å². The molecule has 4 heterocycles. The van der Waals surface area contributed by atoms with Crippen LogP contribution in [0.4, 0.5) is 0 Å². The summed E-state index contributed by atoms with van der Waals surface area (Å²) in [6.45, 7) is 23.6. The number of hydrogen-bond acceptors (Lipinski definition) is 6. The lowest BCUT2D eigenvalue weighted by Crippen LogP contribution is -2.38. The molecule has 0 saturated carbocycles. The largest absolute Gasteiger partial charge is 0.379 e. The van der Waals surface area contributed by atoms with Crippen LogP contribution < -0.4 is 0 Å². The van der Waals surface area contributed by atoms with Gasteiger partial charge in [0, 0.05) is 55.9 Å². The van der Waals surface area contributed by atoms with Crippen molar-refractivity contribution in [2.24, 2.45) is 0 Å². The standard InChI is InChI=1S/C13H24N4.C13H23N3O/c1-13(2,3)12-11-17(15-14-12)10-9-16-7-5-4-6-8-16;1-13(2,3)12-10-16(11-14-12)5-4-15-6-8-17-9-7-15/h11H,4-10H2,1-3H3;10-11H,4-9H2,1-3H3. The zero-order valence-electron chi connectivity index (χ0n) is 22.5. The molecule has 2 aromatic rings. The van der Waals surface area contributed by atoms with E-state index in [2.05, 4.69) is 83.6 Å². The Morgan fingerprint density at radius 3 is 1.94 bits per heavy atom. The van der Waals surface area contributed by atoms with E-state index < -0.39 is 0 Å². The van der Waals surface area contributed by atoms with Gasteiger partial charge in [-0.1, -0.05) is 53.2 Å². The van der Waals surface area contributed by atoms with Crippen LogP contribution in [0.3, 0.4) is 0 Å². The van der Waals surface area contributed by atoms with Crippen LogP contribution in [0.25, 0.3) is 0 Å². The molecule has 0 bridgehead atoms. The number of morpholine rings is 1. The monoisotopic (exact) mass is 473 g/mol. The van der Waals surface area contributed by atoms with E-state index in [1.807, 2.05) is 11.0 Å². The molecule has 0 unspecified atom stereocenters. The van der Waals surface area contributed by atoms with Crippen LogP contribution in [0, 0.1) is 0 Å². The number of nitrogens with zero attached hydrogens (tertiary/aromatic N) is 7. The first-order valence-electron chi connectivity index (χ1n) is 13.1. The van der Waals surface area contributed by atoms with Gasteiger partial charge in [-0.2, -0.15) is 0 Å². The maximum absolute atomic E-state index is 5.34. The smallest absolute Gasteiger partial charge is 0.0950 e. The Labute approximate surface area is 206 Å². The van der Waals surface area contributed by atoms with Gasteiger partial charge < -0.3 is 14.2 Å². The van der Waals surface area contributed by atoms with Crippen LogP contribution in [-0.2, 0) is 28.7 Å². The molecule has 0 N–H and O–H groups in total. The molecule has 8 heteroatoms. The van der Waals surface area contributed by atoms with Crippen molar-refractivity contribution in [1.82, 2.24) is 34.3 Å². The molecular weight excluding hydrogens is 426 g/mol.